The van der Waals surface area contributed by atoms with Crippen LogP contribution >= 0.6 is 0 Å². The number of aromatic carboxylic acids is 1. The summed E-state index contributed by atoms with van der Waals surface area (Å²) in [7, 11) is 0. The van der Waals surface area contributed by atoms with Crippen molar-refractivity contribution in [1.82, 2.24) is 15.0 Å². The third-order valence-electron chi connectivity index (χ3n) is 2.87. The van der Waals surface area contributed by atoms with Gasteiger partial charge in [0.1, 0.15) is 12.2 Å². The van der Waals surface area contributed by atoms with Gasteiger partial charge in [-0.1, -0.05) is 5.21 Å². The molecule has 0 saturated heterocycles. The molecule has 1 aliphatic rings. The first-order chi connectivity index (χ1) is 10.1. The van der Waals surface area contributed by atoms with Gasteiger partial charge < -0.3 is 19.7 Å². The number of carbonyl (C=O) groups is 2. The fourth-order valence-corrected chi connectivity index (χ4v) is 2.03. The maximum absolute atomic E-state index is 11.2. The molecule has 2 N–H and O–H groups in total. The number of benzene rings is 1. The molecule has 9 heteroatoms. The molecule has 9 nitrogen and oxygen atoms in total. The second kappa shape index (κ2) is 4.78. The fourth-order valence-electron chi connectivity index (χ4n) is 2.03. The molecule has 1 aromatic heterocycles. The Morgan fingerprint density at radius 1 is 1.24 bits per heavy atom. The van der Waals surface area contributed by atoms with Crippen LogP contribution in [0.2, 0.25) is 0 Å². The van der Waals surface area contributed by atoms with Crippen molar-refractivity contribution >= 4 is 11.9 Å². The Morgan fingerprint density at radius 3 is 2.71 bits per heavy atom. The van der Waals surface area contributed by atoms with Crippen LogP contribution in [0.1, 0.15) is 10.5 Å². The summed E-state index contributed by atoms with van der Waals surface area (Å²) in [6, 6.07) is 4.77. The van der Waals surface area contributed by atoms with E-state index in [1.807, 2.05) is 0 Å². The number of carboxylic acid groups (broad SMARTS) is 2. The maximum Gasteiger partial charge on any atom is 0.358 e. The van der Waals surface area contributed by atoms with E-state index < -0.39 is 18.5 Å². The normalized spacial score (nSPS) is 12.4. The summed E-state index contributed by atoms with van der Waals surface area (Å²) in [4.78, 5) is 22.0. The van der Waals surface area contributed by atoms with Crippen LogP contribution in [0.4, 0.5) is 0 Å². The molecule has 21 heavy (non-hydrogen) atoms. The number of hydrogen-bond acceptors (Lipinski definition) is 6. The van der Waals surface area contributed by atoms with Crippen molar-refractivity contribution in [3.63, 3.8) is 0 Å². The molecular formula is C12H9N3O6. The van der Waals surface area contributed by atoms with Crippen LogP contribution in [0.3, 0.4) is 0 Å². The first-order valence-corrected chi connectivity index (χ1v) is 5.85. The summed E-state index contributed by atoms with van der Waals surface area (Å²) in [6.07, 6.45) is 0. The van der Waals surface area contributed by atoms with Crippen molar-refractivity contribution in [2.24, 2.45) is 0 Å². The Kier molecular flexibility index (Phi) is 2.94. The van der Waals surface area contributed by atoms with Gasteiger partial charge in [-0.2, -0.15) is 0 Å². The van der Waals surface area contributed by atoms with E-state index in [1.165, 1.54) is 0 Å². The molecule has 0 amide bonds. The minimum absolute atomic E-state index is 0.0806. The lowest BCUT2D eigenvalue weighted by molar-refractivity contribution is -0.137. The first kappa shape index (κ1) is 12.9. The lowest BCUT2D eigenvalue weighted by Crippen LogP contribution is -2.12. The Labute approximate surface area is 117 Å². The van der Waals surface area contributed by atoms with Crippen molar-refractivity contribution in [1.29, 1.82) is 0 Å². The summed E-state index contributed by atoms with van der Waals surface area (Å²) in [6.45, 7) is -0.415. The van der Waals surface area contributed by atoms with Crippen molar-refractivity contribution in [2.45, 2.75) is 6.54 Å². The summed E-state index contributed by atoms with van der Waals surface area (Å²) in [5.41, 5.74) is 0.209. The predicted molar refractivity (Wildman–Crippen MR) is 66.2 cm³/mol. The van der Waals surface area contributed by atoms with Crippen LogP contribution in [0.5, 0.6) is 11.5 Å². The summed E-state index contributed by atoms with van der Waals surface area (Å²) in [5.74, 6) is -1.46. The fraction of sp³-hybridized carbons (Fsp3) is 0.167. The van der Waals surface area contributed by atoms with Gasteiger partial charge in [-0.15, -0.1) is 5.10 Å². The molecule has 0 fully saturated rings. The molecule has 3 rings (SSSR count). The van der Waals surface area contributed by atoms with Gasteiger partial charge in [-0.3, -0.25) is 4.79 Å². The second-order valence-corrected chi connectivity index (χ2v) is 4.21. The Balaban J connectivity index is 2.13. The monoisotopic (exact) mass is 291 g/mol. The minimum atomic E-state index is -1.29. The number of hydrogen-bond donors (Lipinski definition) is 2. The zero-order valence-electron chi connectivity index (χ0n) is 10.5. The van der Waals surface area contributed by atoms with Gasteiger partial charge >= 0.3 is 11.9 Å². The van der Waals surface area contributed by atoms with Crippen LogP contribution in [-0.4, -0.2) is 43.9 Å². The third-order valence-corrected chi connectivity index (χ3v) is 2.87. The molecule has 2 aromatic rings. The average molecular weight is 291 g/mol. The van der Waals surface area contributed by atoms with Crippen molar-refractivity contribution < 1.29 is 29.3 Å². The van der Waals surface area contributed by atoms with E-state index in [0.29, 0.717) is 17.1 Å². The summed E-state index contributed by atoms with van der Waals surface area (Å²) < 4.78 is 11.4. The zero-order chi connectivity index (χ0) is 15.0. The van der Waals surface area contributed by atoms with Crippen LogP contribution < -0.4 is 9.47 Å². The van der Waals surface area contributed by atoms with E-state index in [9.17, 15) is 9.59 Å². The van der Waals surface area contributed by atoms with E-state index >= 15 is 0 Å². The summed E-state index contributed by atoms with van der Waals surface area (Å²) in [5, 5.41) is 25.1. The van der Waals surface area contributed by atoms with Gasteiger partial charge in [-0.05, 0) is 18.2 Å². The highest BCUT2D eigenvalue weighted by atomic mass is 16.7. The Morgan fingerprint density at radius 2 is 2.00 bits per heavy atom. The Bertz CT molecular complexity index is 739. The van der Waals surface area contributed by atoms with E-state index in [1.54, 1.807) is 18.2 Å². The highest BCUT2D eigenvalue weighted by Crippen LogP contribution is 2.36. The van der Waals surface area contributed by atoms with E-state index in [4.69, 9.17) is 19.7 Å². The van der Waals surface area contributed by atoms with E-state index in [0.717, 1.165) is 4.68 Å². The van der Waals surface area contributed by atoms with Gasteiger partial charge in [-0.25, -0.2) is 9.48 Å². The first-order valence-electron chi connectivity index (χ1n) is 5.85. The zero-order valence-corrected chi connectivity index (χ0v) is 10.5. The SMILES string of the molecule is O=C(O)Cn1nnc(C(=O)O)c1-c1ccc2c(c1)OCO2. The minimum Gasteiger partial charge on any atom is -0.480 e. The van der Waals surface area contributed by atoms with Gasteiger partial charge in [0.25, 0.3) is 0 Å². The maximum atomic E-state index is 11.2. The van der Waals surface area contributed by atoms with Crippen molar-refractivity contribution in [2.75, 3.05) is 6.79 Å². The number of nitrogens with zero attached hydrogens (tertiary/aromatic N) is 3. The van der Waals surface area contributed by atoms with Crippen molar-refractivity contribution in [3.05, 3.63) is 23.9 Å². The molecule has 0 unspecified atom stereocenters. The molecule has 0 aliphatic carbocycles. The number of aliphatic carboxylic acids is 1. The molecule has 0 saturated carbocycles. The summed E-state index contributed by atoms with van der Waals surface area (Å²) >= 11 is 0. The van der Waals surface area contributed by atoms with E-state index in [-0.39, 0.29) is 18.2 Å². The lowest BCUT2D eigenvalue weighted by atomic mass is 10.1. The second-order valence-electron chi connectivity index (χ2n) is 4.21. The largest absolute Gasteiger partial charge is 0.480 e. The molecular weight excluding hydrogens is 282 g/mol. The number of aromatic nitrogens is 3. The number of carboxylic acids is 2. The lowest BCUT2D eigenvalue weighted by Gasteiger charge is -2.06. The Hall–Kier alpha value is -3.10. The van der Waals surface area contributed by atoms with Crippen LogP contribution in [0.15, 0.2) is 18.2 Å². The molecule has 0 radical (unpaired) electrons. The predicted octanol–water partition coefficient (Wildman–Crippen LogP) is 0.457. The third kappa shape index (κ3) is 2.24. The molecule has 1 aliphatic heterocycles. The van der Waals surface area contributed by atoms with Gasteiger partial charge in [0.15, 0.2) is 17.2 Å². The van der Waals surface area contributed by atoms with Gasteiger partial charge in [0.05, 0.1) is 0 Å². The molecule has 108 valence electrons. The highest BCUT2D eigenvalue weighted by molar-refractivity contribution is 5.93. The molecule has 0 atom stereocenters. The van der Waals surface area contributed by atoms with Gasteiger partial charge in [0, 0.05) is 5.56 Å². The van der Waals surface area contributed by atoms with Crippen LogP contribution in [-0.2, 0) is 11.3 Å². The topological polar surface area (TPSA) is 124 Å². The number of rotatable bonds is 4. The highest BCUT2D eigenvalue weighted by Gasteiger charge is 2.24. The molecule has 1 aromatic carbocycles. The van der Waals surface area contributed by atoms with Crippen LogP contribution in [0.25, 0.3) is 11.3 Å². The quantitative estimate of drug-likeness (QED) is 0.832. The van der Waals surface area contributed by atoms with Gasteiger partial charge in [0.2, 0.25) is 6.79 Å². The average Bonchev–Trinajstić information content (AvgIpc) is 3.03. The molecule has 0 spiro atoms. The smallest absolute Gasteiger partial charge is 0.358 e. The number of fused-ring (bicyclic) bond motifs is 1. The number of ether oxygens (including phenoxy) is 2. The van der Waals surface area contributed by atoms with E-state index in [2.05, 4.69) is 10.3 Å². The molecule has 0 bridgehead atoms. The van der Waals surface area contributed by atoms with Crippen LogP contribution in [0, 0.1) is 0 Å². The molecule has 2 heterocycles. The van der Waals surface area contributed by atoms with Crippen molar-refractivity contribution in [3.8, 4) is 22.8 Å². The standard InChI is InChI=1S/C12H9N3O6/c16-9(17)4-15-11(10(12(18)19)13-14-15)6-1-2-7-8(3-6)21-5-20-7/h1-3H,4-5H2,(H,16,17)(H,18,19).